The van der Waals surface area contributed by atoms with Gasteiger partial charge in [-0.1, -0.05) is 19.4 Å². The Morgan fingerprint density at radius 2 is 2.00 bits per heavy atom. The van der Waals surface area contributed by atoms with Crippen LogP contribution < -0.4 is 4.74 Å². The lowest BCUT2D eigenvalue weighted by atomic mass is 9.94. The lowest BCUT2D eigenvalue weighted by Crippen LogP contribution is -1.97. The first-order valence-electron chi connectivity index (χ1n) is 6.56. The van der Waals surface area contributed by atoms with E-state index in [2.05, 4.69) is 13.0 Å². The van der Waals surface area contributed by atoms with Crippen LogP contribution in [0.4, 0.5) is 0 Å². The smallest absolute Gasteiger partial charge is 0.307 e. The lowest BCUT2D eigenvalue weighted by molar-refractivity contribution is -0.135. The van der Waals surface area contributed by atoms with E-state index in [9.17, 15) is 4.79 Å². The summed E-state index contributed by atoms with van der Waals surface area (Å²) in [7, 11) is 1.66. The molecule has 0 aliphatic carbocycles. The SMILES string of the molecule is CCC/C(=C\CC(=O)O)c1cc(C)c(OC)cc1C. The van der Waals surface area contributed by atoms with E-state index in [1.54, 1.807) is 7.11 Å². The lowest BCUT2D eigenvalue weighted by Gasteiger charge is -2.14. The van der Waals surface area contributed by atoms with Crippen molar-refractivity contribution in [3.05, 3.63) is 34.9 Å². The third kappa shape index (κ3) is 4.12. The zero-order valence-corrected chi connectivity index (χ0v) is 12.1. The van der Waals surface area contributed by atoms with Gasteiger partial charge in [-0.15, -0.1) is 0 Å². The van der Waals surface area contributed by atoms with Gasteiger partial charge in [0.25, 0.3) is 0 Å². The molecule has 0 amide bonds. The molecule has 0 fully saturated rings. The Bertz CT molecular complexity index is 487. The third-order valence-corrected chi connectivity index (χ3v) is 3.13. The van der Waals surface area contributed by atoms with Crippen LogP contribution in [0, 0.1) is 13.8 Å². The number of aliphatic carboxylic acids is 1. The fourth-order valence-electron chi connectivity index (χ4n) is 2.18. The molecule has 0 heterocycles. The maximum atomic E-state index is 10.7. The normalized spacial score (nSPS) is 11.5. The van der Waals surface area contributed by atoms with Crippen molar-refractivity contribution in [1.82, 2.24) is 0 Å². The highest BCUT2D eigenvalue weighted by Gasteiger charge is 2.09. The molecule has 0 aliphatic heterocycles. The summed E-state index contributed by atoms with van der Waals surface area (Å²) in [5.74, 6) is 0.0758. The molecule has 104 valence electrons. The standard InChI is InChI=1S/C16H22O3/c1-5-6-13(7-8-16(17)18)14-9-12(3)15(19-4)10-11(14)2/h7,9-10H,5-6,8H2,1-4H3,(H,17,18)/b13-7+. The van der Waals surface area contributed by atoms with Gasteiger partial charge in [0, 0.05) is 0 Å². The molecule has 1 rings (SSSR count). The van der Waals surface area contributed by atoms with Crippen molar-refractivity contribution in [1.29, 1.82) is 0 Å². The summed E-state index contributed by atoms with van der Waals surface area (Å²) in [6.45, 7) is 6.13. The number of ether oxygens (including phenoxy) is 1. The minimum absolute atomic E-state index is 0.0693. The van der Waals surface area contributed by atoms with Crippen molar-refractivity contribution in [3.8, 4) is 5.75 Å². The largest absolute Gasteiger partial charge is 0.496 e. The zero-order chi connectivity index (χ0) is 14.4. The molecule has 0 atom stereocenters. The maximum Gasteiger partial charge on any atom is 0.307 e. The fourth-order valence-corrected chi connectivity index (χ4v) is 2.18. The summed E-state index contributed by atoms with van der Waals surface area (Å²) in [4.78, 5) is 10.7. The van der Waals surface area contributed by atoms with Crippen LogP contribution in [0.3, 0.4) is 0 Å². The predicted octanol–water partition coefficient (Wildman–Crippen LogP) is 3.97. The first-order valence-corrected chi connectivity index (χ1v) is 6.56. The second-order valence-corrected chi connectivity index (χ2v) is 4.71. The van der Waals surface area contributed by atoms with Gasteiger partial charge in [-0.25, -0.2) is 0 Å². The van der Waals surface area contributed by atoms with Crippen LogP contribution in [-0.4, -0.2) is 18.2 Å². The van der Waals surface area contributed by atoms with E-state index in [4.69, 9.17) is 9.84 Å². The van der Waals surface area contributed by atoms with Gasteiger partial charge >= 0.3 is 5.97 Å². The minimum atomic E-state index is -0.795. The van der Waals surface area contributed by atoms with Crippen LogP contribution >= 0.6 is 0 Å². The van der Waals surface area contributed by atoms with Crippen LogP contribution in [0.15, 0.2) is 18.2 Å². The average molecular weight is 262 g/mol. The summed E-state index contributed by atoms with van der Waals surface area (Å²) >= 11 is 0. The molecular weight excluding hydrogens is 240 g/mol. The van der Waals surface area contributed by atoms with E-state index in [0.717, 1.165) is 40.9 Å². The molecule has 0 spiro atoms. The van der Waals surface area contributed by atoms with E-state index in [1.807, 2.05) is 26.0 Å². The van der Waals surface area contributed by atoms with E-state index in [0.29, 0.717) is 0 Å². The second-order valence-electron chi connectivity index (χ2n) is 4.71. The molecule has 1 N–H and O–H groups in total. The first-order chi connectivity index (χ1) is 8.99. The number of hydrogen-bond donors (Lipinski definition) is 1. The number of rotatable bonds is 6. The Morgan fingerprint density at radius 1 is 1.32 bits per heavy atom. The van der Waals surface area contributed by atoms with E-state index in [-0.39, 0.29) is 6.42 Å². The molecule has 3 heteroatoms. The number of carboxylic acid groups (broad SMARTS) is 1. The Labute approximate surface area is 114 Å². The molecule has 0 unspecified atom stereocenters. The van der Waals surface area contributed by atoms with Crippen molar-refractivity contribution >= 4 is 11.5 Å². The van der Waals surface area contributed by atoms with Gasteiger partial charge in [0.15, 0.2) is 0 Å². The first kappa shape index (κ1) is 15.3. The highest BCUT2D eigenvalue weighted by Crippen LogP contribution is 2.29. The second kappa shape index (κ2) is 6.98. The van der Waals surface area contributed by atoms with Gasteiger partial charge in [0.2, 0.25) is 0 Å². The quantitative estimate of drug-likeness (QED) is 0.843. The maximum absolute atomic E-state index is 10.7. The Morgan fingerprint density at radius 3 is 2.53 bits per heavy atom. The van der Waals surface area contributed by atoms with Crippen molar-refractivity contribution < 1.29 is 14.6 Å². The van der Waals surface area contributed by atoms with Crippen LogP contribution in [-0.2, 0) is 4.79 Å². The van der Waals surface area contributed by atoms with E-state index in [1.165, 1.54) is 0 Å². The number of hydrogen-bond acceptors (Lipinski definition) is 2. The van der Waals surface area contributed by atoms with Crippen LogP contribution in [0.5, 0.6) is 5.75 Å². The Kier molecular flexibility index (Phi) is 5.61. The molecule has 1 aromatic rings. The average Bonchev–Trinajstić information content (AvgIpc) is 2.36. The van der Waals surface area contributed by atoms with Crippen LogP contribution in [0.25, 0.3) is 5.57 Å². The molecule has 1 aromatic carbocycles. The molecule has 0 aromatic heterocycles. The van der Waals surface area contributed by atoms with E-state index < -0.39 is 5.97 Å². The topological polar surface area (TPSA) is 46.5 Å². The van der Waals surface area contributed by atoms with Crippen molar-refractivity contribution in [3.63, 3.8) is 0 Å². The molecule has 0 saturated carbocycles. The highest BCUT2D eigenvalue weighted by molar-refractivity contribution is 5.75. The monoisotopic (exact) mass is 262 g/mol. The fraction of sp³-hybridized carbons (Fsp3) is 0.438. The molecule has 0 radical (unpaired) electrons. The molecule has 0 aliphatic rings. The van der Waals surface area contributed by atoms with Crippen molar-refractivity contribution in [2.24, 2.45) is 0 Å². The van der Waals surface area contributed by atoms with Crippen molar-refractivity contribution in [2.45, 2.75) is 40.0 Å². The number of aryl methyl sites for hydroxylation is 2. The zero-order valence-electron chi connectivity index (χ0n) is 12.1. The molecule has 3 nitrogen and oxygen atoms in total. The van der Waals surface area contributed by atoms with Crippen LogP contribution in [0.2, 0.25) is 0 Å². The number of allylic oxidation sites excluding steroid dienone is 1. The van der Waals surface area contributed by atoms with E-state index >= 15 is 0 Å². The summed E-state index contributed by atoms with van der Waals surface area (Å²) in [6, 6.07) is 4.09. The highest BCUT2D eigenvalue weighted by atomic mass is 16.5. The third-order valence-electron chi connectivity index (χ3n) is 3.13. The van der Waals surface area contributed by atoms with Gasteiger partial charge in [0.05, 0.1) is 13.5 Å². The van der Waals surface area contributed by atoms with Crippen molar-refractivity contribution in [2.75, 3.05) is 7.11 Å². The number of benzene rings is 1. The molecular formula is C16H22O3. The number of carbonyl (C=O) groups is 1. The van der Waals surface area contributed by atoms with Gasteiger partial charge in [-0.2, -0.15) is 0 Å². The summed E-state index contributed by atoms with van der Waals surface area (Å²) in [6.07, 6.45) is 3.77. The summed E-state index contributed by atoms with van der Waals surface area (Å²) < 4.78 is 5.31. The predicted molar refractivity (Wildman–Crippen MR) is 77.6 cm³/mol. The number of methoxy groups -OCH3 is 1. The van der Waals surface area contributed by atoms with Gasteiger partial charge in [0.1, 0.15) is 5.75 Å². The molecule has 19 heavy (non-hydrogen) atoms. The minimum Gasteiger partial charge on any atom is -0.496 e. The molecule has 0 saturated heterocycles. The van der Waals surface area contributed by atoms with Gasteiger partial charge in [-0.05, 0) is 54.7 Å². The summed E-state index contributed by atoms with van der Waals surface area (Å²) in [5.41, 5.74) is 4.42. The van der Waals surface area contributed by atoms with Gasteiger partial charge < -0.3 is 9.84 Å². The van der Waals surface area contributed by atoms with Crippen LogP contribution in [0.1, 0.15) is 42.9 Å². The summed E-state index contributed by atoms with van der Waals surface area (Å²) in [5, 5.41) is 8.82. The number of carboxylic acids is 1. The Hall–Kier alpha value is -1.77. The molecule has 0 bridgehead atoms. The van der Waals surface area contributed by atoms with Gasteiger partial charge in [-0.3, -0.25) is 4.79 Å². The Balaban J connectivity index is 3.19.